The number of nitrogens with two attached hydrogens (primary N) is 1. The monoisotopic (exact) mass is 463 g/mol. The van der Waals surface area contributed by atoms with Crippen LogP contribution in [0.3, 0.4) is 0 Å². The number of thiophene rings is 1. The molecule has 3 aromatic rings. The molecule has 2 aromatic heterocycles. The van der Waals surface area contributed by atoms with E-state index in [-0.39, 0.29) is 5.69 Å². The number of imidazole rings is 1. The first-order chi connectivity index (χ1) is 13.5. The van der Waals surface area contributed by atoms with Crippen molar-refractivity contribution in [2.24, 2.45) is 5.73 Å². The van der Waals surface area contributed by atoms with Crippen molar-refractivity contribution < 1.29 is 14.6 Å². The fourth-order valence-corrected chi connectivity index (χ4v) is 4.28. The molecule has 1 amide bonds. The van der Waals surface area contributed by atoms with Gasteiger partial charge in [0.15, 0.2) is 0 Å². The van der Waals surface area contributed by atoms with Crippen LogP contribution in [-0.4, -0.2) is 26.7 Å². The number of amides is 1. The Hall–Kier alpha value is -2.16. The van der Waals surface area contributed by atoms with E-state index in [4.69, 9.17) is 10.5 Å². The average molecular weight is 464 g/mol. The SMILES string of the molecule is NC(=O)c1cn(CC(O)CCCc2ccccc2OCc2ccc(Br)s2)cn1. The van der Waals surface area contributed by atoms with Crippen molar-refractivity contribution in [1.82, 2.24) is 9.55 Å². The first kappa shape index (κ1) is 20.6. The van der Waals surface area contributed by atoms with E-state index < -0.39 is 12.0 Å². The summed E-state index contributed by atoms with van der Waals surface area (Å²) in [6.07, 6.45) is 4.82. The molecule has 1 unspecified atom stereocenters. The number of carbonyl (C=O) groups is 1. The molecule has 0 radical (unpaired) electrons. The third kappa shape index (κ3) is 5.92. The quantitative estimate of drug-likeness (QED) is 0.478. The lowest BCUT2D eigenvalue weighted by Gasteiger charge is -2.13. The normalized spacial score (nSPS) is 12.1. The molecule has 0 aliphatic carbocycles. The topological polar surface area (TPSA) is 90.4 Å². The zero-order chi connectivity index (χ0) is 19.9. The molecule has 0 bridgehead atoms. The fraction of sp³-hybridized carbons (Fsp3) is 0.300. The maximum atomic E-state index is 11.1. The summed E-state index contributed by atoms with van der Waals surface area (Å²) in [6, 6.07) is 12.1. The second-order valence-corrected chi connectivity index (χ2v) is 9.02. The minimum Gasteiger partial charge on any atom is -0.488 e. The highest BCUT2D eigenvalue weighted by molar-refractivity contribution is 9.11. The van der Waals surface area contributed by atoms with Gasteiger partial charge in [0, 0.05) is 17.6 Å². The molecule has 0 saturated carbocycles. The van der Waals surface area contributed by atoms with Gasteiger partial charge in [0.1, 0.15) is 18.1 Å². The summed E-state index contributed by atoms with van der Waals surface area (Å²) in [5, 5.41) is 10.3. The Bertz CT molecular complexity index is 925. The summed E-state index contributed by atoms with van der Waals surface area (Å²) < 4.78 is 8.76. The van der Waals surface area contributed by atoms with Crippen LogP contribution < -0.4 is 10.5 Å². The summed E-state index contributed by atoms with van der Waals surface area (Å²) in [6.45, 7) is 0.921. The van der Waals surface area contributed by atoms with Gasteiger partial charge < -0.3 is 20.1 Å². The number of aryl methyl sites for hydroxylation is 1. The molecule has 3 rings (SSSR count). The molecule has 0 saturated heterocycles. The maximum Gasteiger partial charge on any atom is 0.268 e. The van der Waals surface area contributed by atoms with E-state index in [9.17, 15) is 9.90 Å². The number of hydrogen-bond acceptors (Lipinski definition) is 5. The van der Waals surface area contributed by atoms with Gasteiger partial charge in [-0.15, -0.1) is 11.3 Å². The van der Waals surface area contributed by atoms with Crippen molar-refractivity contribution in [3.8, 4) is 5.75 Å². The Morgan fingerprint density at radius 1 is 1.32 bits per heavy atom. The van der Waals surface area contributed by atoms with Crippen molar-refractivity contribution >= 4 is 33.2 Å². The zero-order valence-electron chi connectivity index (χ0n) is 15.3. The van der Waals surface area contributed by atoms with Gasteiger partial charge in [-0.2, -0.15) is 0 Å². The van der Waals surface area contributed by atoms with Gasteiger partial charge in [-0.1, -0.05) is 18.2 Å². The van der Waals surface area contributed by atoms with Crippen LogP contribution in [0.15, 0.2) is 52.7 Å². The number of ether oxygens (including phenoxy) is 1. The Labute approximate surface area is 176 Å². The standard InChI is InChI=1S/C20H22BrN3O3S/c21-19-9-8-16(28-19)12-27-18-7-2-1-4-14(18)5-3-6-15(25)10-24-11-17(20(22)26)23-13-24/h1-2,4,7-9,11,13,15,25H,3,5-6,10,12H2,(H2,22,26). The van der Waals surface area contributed by atoms with Crippen molar-refractivity contribution in [2.45, 2.75) is 38.5 Å². The molecule has 6 nitrogen and oxygen atoms in total. The van der Waals surface area contributed by atoms with Gasteiger partial charge >= 0.3 is 0 Å². The van der Waals surface area contributed by atoms with Crippen LogP contribution >= 0.6 is 27.3 Å². The highest BCUT2D eigenvalue weighted by atomic mass is 79.9. The Kier molecular flexibility index (Phi) is 7.24. The molecule has 28 heavy (non-hydrogen) atoms. The van der Waals surface area contributed by atoms with E-state index in [1.807, 2.05) is 30.3 Å². The van der Waals surface area contributed by atoms with Crippen molar-refractivity contribution in [3.05, 3.63) is 68.8 Å². The largest absolute Gasteiger partial charge is 0.488 e. The van der Waals surface area contributed by atoms with E-state index in [1.54, 1.807) is 22.1 Å². The van der Waals surface area contributed by atoms with Crippen molar-refractivity contribution in [2.75, 3.05) is 0 Å². The van der Waals surface area contributed by atoms with E-state index in [1.165, 1.54) is 6.33 Å². The minimum atomic E-state index is -0.570. The molecule has 3 N–H and O–H groups in total. The third-order valence-electron chi connectivity index (χ3n) is 4.26. The number of nitrogens with zero attached hydrogens (tertiary/aromatic N) is 2. The highest BCUT2D eigenvalue weighted by Gasteiger charge is 2.10. The number of primary amides is 1. The number of hydrogen-bond donors (Lipinski definition) is 2. The van der Waals surface area contributed by atoms with Gasteiger partial charge in [-0.05, 0) is 59.0 Å². The molecule has 0 fully saturated rings. The molecule has 8 heteroatoms. The van der Waals surface area contributed by atoms with Crippen molar-refractivity contribution in [1.29, 1.82) is 0 Å². The van der Waals surface area contributed by atoms with E-state index in [0.717, 1.165) is 32.8 Å². The summed E-state index contributed by atoms with van der Waals surface area (Å²) in [5.41, 5.74) is 6.52. The van der Waals surface area contributed by atoms with E-state index in [0.29, 0.717) is 19.6 Å². The molecular formula is C20H22BrN3O3S. The van der Waals surface area contributed by atoms with Gasteiger partial charge in [0.2, 0.25) is 0 Å². The molecule has 1 aromatic carbocycles. The highest BCUT2D eigenvalue weighted by Crippen LogP contribution is 2.26. The average Bonchev–Trinajstić information content (AvgIpc) is 3.30. The number of rotatable bonds is 10. The predicted octanol–water partition coefficient (Wildman–Crippen LogP) is 3.77. The molecule has 148 valence electrons. The number of halogens is 1. The molecule has 0 spiro atoms. The number of benzene rings is 1. The van der Waals surface area contributed by atoms with Crippen LogP contribution in [0.1, 0.15) is 33.8 Å². The second-order valence-electron chi connectivity index (χ2n) is 6.47. The molecule has 1 atom stereocenters. The van der Waals surface area contributed by atoms with Gasteiger partial charge in [-0.25, -0.2) is 4.98 Å². The van der Waals surface area contributed by atoms with Gasteiger partial charge in [0.25, 0.3) is 5.91 Å². The van der Waals surface area contributed by atoms with E-state index in [2.05, 4.69) is 27.0 Å². The first-order valence-electron chi connectivity index (χ1n) is 8.96. The number of para-hydroxylation sites is 1. The molecule has 0 aliphatic rings. The Morgan fingerprint density at radius 3 is 2.86 bits per heavy atom. The van der Waals surface area contributed by atoms with Crippen LogP contribution in [0, 0.1) is 0 Å². The van der Waals surface area contributed by atoms with Crippen LogP contribution in [-0.2, 0) is 19.6 Å². The number of aliphatic hydroxyl groups excluding tert-OH is 1. The lowest BCUT2D eigenvalue weighted by atomic mass is 10.0. The Morgan fingerprint density at radius 2 is 2.14 bits per heavy atom. The van der Waals surface area contributed by atoms with E-state index >= 15 is 0 Å². The van der Waals surface area contributed by atoms with Crippen molar-refractivity contribution in [3.63, 3.8) is 0 Å². The number of aliphatic hydroxyl groups is 1. The van der Waals surface area contributed by atoms with Gasteiger partial charge in [-0.3, -0.25) is 4.79 Å². The molecule has 0 aliphatic heterocycles. The van der Waals surface area contributed by atoms with Crippen LogP contribution in [0.2, 0.25) is 0 Å². The van der Waals surface area contributed by atoms with Gasteiger partial charge in [0.05, 0.1) is 16.2 Å². The molecular weight excluding hydrogens is 442 g/mol. The molecule has 2 heterocycles. The minimum absolute atomic E-state index is 0.205. The van der Waals surface area contributed by atoms with Crippen LogP contribution in [0.4, 0.5) is 0 Å². The van der Waals surface area contributed by atoms with Crippen LogP contribution in [0.5, 0.6) is 5.75 Å². The summed E-state index contributed by atoms with van der Waals surface area (Å²) in [7, 11) is 0. The second kappa shape index (κ2) is 9.86. The lowest BCUT2D eigenvalue weighted by molar-refractivity contribution is 0.0995. The third-order valence-corrected chi connectivity index (χ3v) is 5.86. The predicted molar refractivity (Wildman–Crippen MR) is 112 cm³/mol. The zero-order valence-corrected chi connectivity index (χ0v) is 17.7. The number of carbonyl (C=O) groups excluding carboxylic acids is 1. The smallest absolute Gasteiger partial charge is 0.268 e. The van der Waals surface area contributed by atoms with Crippen LogP contribution in [0.25, 0.3) is 0 Å². The summed E-state index contributed by atoms with van der Waals surface area (Å²) in [5.74, 6) is 0.307. The fourth-order valence-electron chi connectivity index (χ4n) is 2.88. The number of aromatic nitrogens is 2. The summed E-state index contributed by atoms with van der Waals surface area (Å²) in [4.78, 5) is 16.2. The Balaban J connectivity index is 1.48. The maximum absolute atomic E-state index is 11.1. The summed E-state index contributed by atoms with van der Waals surface area (Å²) >= 11 is 5.12. The lowest BCUT2D eigenvalue weighted by Crippen LogP contribution is -2.15. The first-order valence-corrected chi connectivity index (χ1v) is 10.6.